The van der Waals surface area contributed by atoms with Crippen molar-refractivity contribution in [3.05, 3.63) is 29.8 Å². The van der Waals surface area contributed by atoms with Gasteiger partial charge in [0.1, 0.15) is 5.75 Å². The summed E-state index contributed by atoms with van der Waals surface area (Å²) >= 11 is 0. The molecule has 1 aliphatic carbocycles. The molecule has 2 saturated heterocycles. The first kappa shape index (κ1) is 23.1. The first-order valence-corrected chi connectivity index (χ1v) is 12.6. The maximum absolute atomic E-state index is 12.9. The van der Waals surface area contributed by atoms with E-state index in [4.69, 9.17) is 4.74 Å². The maximum Gasteiger partial charge on any atom is 0.223 e. The fourth-order valence-electron chi connectivity index (χ4n) is 5.50. The van der Waals surface area contributed by atoms with Crippen LogP contribution < -0.4 is 4.74 Å². The molecule has 0 unspecified atom stereocenters. The van der Waals surface area contributed by atoms with E-state index < -0.39 is 0 Å². The number of likely N-dealkylation sites (tertiary alicyclic amines) is 1. The Morgan fingerprint density at radius 1 is 0.938 bits per heavy atom. The lowest BCUT2D eigenvalue weighted by molar-refractivity contribution is -0.136. The minimum atomic E-state index is 0.335. The van der Waals surface area contributed by atoms with Crippen LogP contribution in [0.2, 0.25) is 0 Å². The smallest absolute Gasteiger partial charge is 0.223 e. The molecule has 6 heteroatoms. The van der Waals surface area contributed by atoms with Gasteiger partial charge in [0.05, 0.1) is 6.61 Å². The number of benzene rings is 1. The normalized spacial score (nSPS) is 22.8. The summed E-state index contributed by atoms with van der Waals surface area (Å²) in [5, 5.41) is 0. The van der Waals surface area contributed by atoms with Crippen molar-refractivity contribution in [2.45, 2.75) is 70.4 Å². The van der Waals surface area contributed by atoms with E-state index in [1.165, 1.54) is 37.7 Å². The van der Waals surface area contributed by atoms with Crippen LogP contribution in [0.1, 0.15) is 63.4 Å². The van der Waals surface area contributed by atoms with Gasteiger partial charge in [0.2, 0.25) is 12.3 Å². The molecule has 1 saturated carbocycles. The summed E-state index contributed by atoms with van der Waals surface area (Å²) < 4.78 is 6.05. The van der Waals surface area contributed by atoms with Gasteiger partial charge < -0.3 is 14.5 Å². The van der Waals surface area contributed by atoms with Crippen LogP contribution >= 0.6 is 0 Å². The number of rotatable bonds is 9. The van der Waals surface area contributed by atoms with Crippen LogP contribution in [0.5, 0.6) is 5.75 Å². The van der Waals surface area contributed by atoms with E-state index in [1.807, 2.05) is 4.90 Å². The van der Waals surface area contributed by atoms with Gasteiger partial charge in [0, 0.05) is 58.2 Å². The highest BCUT2D eigenvalue weighted by molar-refractivity contribution is 5.77. The number of piperidine rings is 1. The van der Waals surface area contributed by atoms with Crippen molar-refractivity contribution in [1.82, 2.24) is 14.7 Å². The summed E-state index contributed by atoms with van der Waals surface area (Å²) in [6.07, 6.45) is 11.1. The third-order valence-electron chi connectivity index (χ3n) is 7.49. The molecule has 32 heavy (non-hydrogen) atoms. The molecule has 3 fully saturated rings. The van der Waals surface area contributed by atoms with E-state index >= 15 is 0 Å². The number of nitrogens with zero attached hydrogens (tertiary/aromatic N) is 3. The third-order valence-corrected chi connectivity index (χ3v) is 7.49. The van der Waals surface area contributed by atoms with Gasteiger partial charge in [-0.15, -0.1) is 0 Å². The van der Waals surface area contributed by atoms with E-state index in [1.54, 1.807) is 0 Å². The largest absolute Gasteiger partial charge is 0.494 e. The van der Waals surface area contributed by atoms with Gasteiger partial charge >= 0.3 is 0 Å². The Labute approximate surface area is 192 Å². The van der Waals surface area contributed by atoms with Crippen LogP contribution in [-0.4, -0.2) is 72.4 Å². The average molecular weight is 442 g/mol. The Morgan fingerprint density at radius 3 is 2.38 bits per heavy atom. The van der Waals surface area contributed by atoms with Crippen molar-refractivity contribution < 1.29 is 14.3 Å². The predicted molar refractivity (Wildman–Crippen MR) is 125 cm³/mol. The van der Waals surface area contributed by atoms with Crippen molar-refractivity contribution in [2.75, 3.05) is 39.3 Å². The van der Waals surface area contributed by atoms with Crippen molar-refractivity contribution in [2.24, 2.45) is 5.92 Å². The zero-order valence-corrected chi connectivity index (χ0v) is 19.4. The lowest BCUT2D eigenvalue weighted by Crippen LogP contribution is -2.45. The highest BCUT2D eigenvalue weighted by Crippen LogP contribution is 2.30. The van der Waals surface area contributed by atoms with E-state index in [-0.39, 0.29) is 0 Å². The molecular formula is C26H39N3O3. The molecule has 0 N–H and O–H groups in total. The summed E-state index contributed by atoms with van der Waals surface area (Å²) in [6.45, 7) is 5.96. The van der Waals surface area contributed by atoms with E-state index in [2.05, 4.69) is 34.1 Å². The Balaban J connectivity index is 1.20. The molecule has 0 aromatic heterocycles. The van der Waals surface area contributed by atoms with Crippen LogP contribution in [0, 0.1) is 5.92 Å². The van der Waals surface area contributed by atoms with Gasteiger partial charge in [0.25, 0.3) is 0 Å². The second kappa shape index (κ2) is 11.7. The first-order chi connectivity index (χ1) is 15.7. The molecule has 1 aromatic rings. The van der Waals surface area contributed by atoms with E-state index in [0.717, 1.165) is 77.1 Å². The lowest BCUT2D eigenvalue weighted by atomic mass is 9.97. The van der Waals surface area contributed by atoms with Crippen molar-refractivity contribution >= 4 is 12.3 Å². The minimum absolute atomic E-state index is 0.335. The van der Waals surface area contributed by atoms with Gasteiger partial charge in [-0.05, 0) is 55.7 Å². The number of hydrogen-bond acceptors (Lipinski definition) is 4. The number of ether oxygens (including phenoxy) is 1. The van der Waals surface area contributed by atoms with Gasteiger partial charge in [-0.2, -0.15) is 0 Å². The molecule has 2 aliphatic heterocycles. The Kier molecular flexibility index (Phi) is 8.43. The highest BCUT2D eigenvalue weighted by Gasteiger charge is 2.29. The molecule has 3 aliphatic rings. The summed E-state index contributed by atoms with van der Waals surface area (Å²) in [7, 11) is 0. The molecule has 0 spiro atoms. The number of carbonyl (C=O) groups excluding carboxylic acids is 2. The first-order valence-electron chi connectivity index (χ1n) is 12.6. The zero-order chi connectivity index (χ0) is 22.2. The average Bonchev–Trinajstić information content (AvgIpc) is 3.34. The van der Waals surface area contributed by atoms with Crippen molar-refractivity contribution in [3.8, 4) is 5.75 Å². The molecular weight excluding hydrogens is 402 g/mol. The summed E-state index contributed by atoms with van der Waals surface area (Å²) in [6, 6.07) is 8.72. The lowest BCUT2D eigenvalue weighted by Gasteiger charge is -2.36. The van der Waals surface area contributed by atoms with Crippen LogP contribution in [-0.2, 0) is 16.1 Å². The summed E-state index contributed by atoms with van der Waals surface area (Å²) in [5.41, 5.74) is 1.27. The van der Waals surface area contributed by atoms with E-state index in [9.17, 15) is 9.59 Å². The van der Waals surface area contributed by atoms with Gasteiger partial charge in [0.15, 0.2) is 0 Å². The molecule has 0 bridgehead atoms. The fourth-order valence-corrected chi connectivity index (χ4v) is 5.50. The van der Waals surface area contributed by atoms with Gasteiger partial charge in [-0.1, -0.05) is 25.0 Å². The SMILES string of the molecule is O=CN1CCN(Cc2ccc(OCC[C@@H]3CCCCN3C(=O)CC3CCCC3)cc2)CC1. The Hall–Kier alpha value is -2.08. The number of amides is 2. The van der Waals surface area contributed by atoms with Gasteiger partial charge in [-0.25, -0.2) is 0 Å². The molecule has 0 radical (unpaired) electrons. The highest BCUT2D eigenvalue weighted by atomic mass is 16.5. The molecule has 6 nitrogen and oxygen atoms in total. The van der Waals surface area contributed by atoms with Crippen LogP contribution in [0.15, 0.2) is 24.3 Å². The Bertz CT molecular complexity index is 724. The number of piperazine rings is 1. The fraction of sp³-hybridized carbons (Fsp3) is 0.692. The Morgan fingerprint density at radius 2 is 1.66 bits per heavy atom. The van der Waals surface area contributed by atoms with Crippen LogP contribution in [0.3, 0.4) is 0 Å². The second-order valence-electron chi connectivity index (χ2n) is 9.79. The molecule has 1 aromatic carbocycles. The molecule has 1 atom stereocenters. The summed E-state index contributed by atoms with van der Waals surface area (Å²) in [4.78, 5) is 30.1. The molecule has 4 rings (SSSR count). The number of carbonyl (C=O) groups is 2. The summed E-state index contributed by atoms with van der Waals surface area (Å²) in [5.74, 6) is 1.90. The number of hydrogen-bond donors (Lipinski definition) is 0. The molecule has 2 heterocycles. The second-order valence-corrected chi connectivity index (χ2v) is 9.79. The standard InChI is InChI=1S/C26H39N3O3/c30-21-28-16-14-27(15-17-28)20-23-8-10-25(11-9-23)32-18-12-24-7-3-4-13-29(24)26(31)19-22-5-1-2-6-22/h8-11,21-22,24H,1-7,12-20H2/t24-/m0/s1. The van der Waals surface area contributed by atoms with Crippen LogP contribution in [0.4, 0.5) is 0 Å². The molecule has 176 valence electrons. The maximum atomic E-state index is 12.9. The van der Waals surface area contributed by atoms with Crippen molar-refractivity contribution in [1.29, 1.82) is 0 Å². The van der Waals surface area contributed by atoms with Gasteiger partial charge in [-0.3, -0.25) is 14.5 Å². The molecule has 2 amide bonds. The third kappa shape index (κ3) is 6.47. The van der Waals surface area contributed by atoms with E-state index in [0.29, 0.717) is 24.5 Å². The van der Waals surface area contributed by atoms with Crippen molar-refractivity contribution in [3.63, 3.8) is 0 Å². The monoisotopic (exact) mass is 441 g/mol. The predicted octanol–water partition coefficient (Wildman–Crippen LogP) is 3.69. The van der Waals surface area contributed by atoms with Crippen LogP contribution in [0.25, 0.3) is 0 Å². The quantitative estimate of drug-likeness (QED) is 0.549. The minimum Gasteiger partial charge on any atom is -0.494 e. The topological polar surface area (TPSA) is 53.1 Å². The zero-order valence-electron chi connectivity index (χ0n) is 19.4.